The molecule has 2 aromatic carbocycles. The van der Waals surface area contributed by atoms with Crippen molar-refractivity contribution in [3.8, 4) is 5.88 Å². The number of aromatic carboxylic acids is 1. The van der Waals surface area contributed by atoms with Crippen molar-refractivity contribution in [3.05, 3.63) is 82.5 Å². The van der Waals surface area contributed by atoms with Crippen LogP contribution in [0.4, 0.5) is 0 Å². The van der Waals surface area contributed by atoms with E-state index in [1.165, 1.54) is 0 Å². The molecule has 9 heteroatoms. The van der Waals surface area contributed by atoms with E-state index < -0.39 is 5.97 Å². The van der Waals surface area contributed by atoms with Crippen LogP contribution in [0, 0.1) is 5.92 Å². The number of carboxylic acids is 1. The van der Waals surface area contributed by atoms with Gasteiger partial charge in [0.2, 0.25) is 5.88 Å². The summed E-state index contributed by atoms with van der Waals surface area (Å²) in [5.41, 5.74) is 3.09. The molecule has 1 saturated heterocycles. The van der Waals surface area contributed by atoms with Gasteiger partial charge in [-0.05, 0) is 73.9 Å². The van der Waals surface area contributed by atoms with E-state index >= 15 is 0 Å². The Hall–Kier alpha value is -3.49. The number of hydrogen-bond acceptors (Lipinski definition) is 6. The number of ether oxygens (including phenoxy) is 2. The summed E-state index contributed by atoms with van der Waals surface area (Å²) in [7, 11) is 0. The van der Waals surface area contributed by atoms with Crippen LogP contribution in [0.1, 0.15) is 59.7 Å². The topological polar surface area (TPSA) is 99.4 Å². The van der Waals surface area contributed by atoms with Crippen LogP contribution in [0.2, 0.25) is 5.02 Å². The molecule has 4 aromatic rings. The van der Waals surface area contributed by atoms with E-state index in [1.54, 1.807) is 18.3 Å². The molecule has 0 radical (unpaired) electrons. The number of benzene rings is 2. The average Bonchev–Trinajstić information content (AvgIpc) is 3.25. The third-order valence-corrected chi connectivity index (χ3v) is 8.01. The van der Waals surface area contributed by atoms with Crippen molar-refractivity contribution in [2.45, 2.75) is 63.7 Å². The number of carbonyl (C=O) groups is 1. The molecular formula is C30H31ClN4O4. The third-order valence-electron chi connectivity index (χ3n) is 7.76. The lowest BCUT2D eigenvalue weighted by molar-refractivity contribution is -0.0590. The largest absolute Gasteiger partial charge is 0.478 e. The molecule has 6 rings (SSSR count). The number of hydrogen-bond donors (Lipinski definition) is 1. The number of halogens is 1. The van der Waals surface area contributed by atoms with E-state index in [2.05, 4.69) is 14.5 Å². The maximum Gasteiger partial charge on any atom is 0.335 e. The smallest absolute Gasteiger partial charge is 0.335 e. The molecule has 1 aliphatic carbocycles. The molecule has 1 saturated carbocycles. The summed E-state index contributed by atoms with van der Waals surface area (Å²) in [5, 5.41) is 10.2. The van der Waals surface area contributed by atoms with Crippen LogP contribution in [0.25, 0.3) is 11.0 Å². The Morgan fingerprint density at radius 3 is 2.56 bits per heavy atom. The van der Waals surface area contributed by atoms with Crippen LogP contribution in [-0.2, 0) is 24.1 Å². The Labute approximate surface area is 232 Å². The fourth-order valence-corrected chi connectivity index (χ4v) is 5.62. The maximum absolute atomic E-state index is 11.6. The second kappa shape index (κ2) is 11.3. The standard InChI is InChI=1S/C30H31ClN4O4/c31-22-6-1-19(2-7-22)15-27-32-13-11-29(34-27)39-23-8-3-20(4-9-23)16-28-33-25-10-5-21(30(36)37)17-26(25)35(28)18-24-12-14-38-24/h1-2,5-7,10-11,13,17,20,23-24H,3-4,8-9,12,14-16,18H2,(H,36,37)/t20-,23-,24-/m0/s1. The van der Waals surface area contributed by atoms with E-state index in [0.29, 0.717) is 29.8 Å². The molecular weight excluding hydrogens is 516 g/mol. The molecule has 0 unspecified atom stereocenters. The number of fused-ring (bicyclic) bond motifs is 1. The minimum absolute atomic E-state index is 0.125. The fraction of sp³-hybridized carbons (Fsp3) is 0.400. The highest BCUT2D eigenvalue weighted by atomic mass is 35.5. The lowest BCUT2D eigenvalue weighted by atomic mass is 9.85. The summed E-state index contributed by atoms with van der Waals surface area (Å²) in [6.45, 7) is 1.49. The first-order valence-electron chi connectivity index (χ1n) is 13.6. The minimum Gasteiger partial charge on any atom is -0.478 e. The molecule has 8 nitrogen and oxygen atoms in total. The average molecular weight is 547 g/mol. The van der Waals surface area contributed by atoms with Gasteiger partial charge in [-0.2, -0.15) is 4.98 Å². The lowest BCUT2D eigenvalue weighted by Crippen LogP contribution is -2.32. The number of rotatable bonds is 9. The highest BCUT2D eigenvalue weighted by Gasteiger charge is 2.27. The van der Waals surface area contributed by atoms with Gasteiger partial charge in [-0.15, -0.1) is 0 Å². The van der Waals surface area contributed by atoms with Gasteiger partial charge in [-0.3, -0.25) is 0 Å². The third kappa shape index (κ3) is 6.07. The Morgan fingerprint density at radius 2 is 1.85 bits per heavy atom. The van der Waals surface area contributed by atoms with Crippen molar-refractivity contribution in [3.63, 3.8) is 0 Å². The molecule has 0 bridgehead atoms. The first-order chi connectivity index (χ1) is 19.0. The van der Waals surface area contributed by atoms with Gasteiger partial charge in [0.05, 0.1) is 29.2 Å². The SMILES string of the molecule is O=C(O)c1ccc2nc(C[C@H]3CC[C@H](Oc4ccnc(Cc5ccc(Cl)cc5)n4)CC3)n(C[C@@H]3CCO3)c2c1. The first kappa shape index (κ1) is 25.8. The molecule has 1 aliphatic heterocycles. The van der Waals surface area contributed by atoms with E-state index in [4.69, 9.17) is 26.1 Å². The molecule has 202 valence electrons. The van der Waals surface area contributed by atoms with Crippen LogP contribution in [-0.4, -0.2) is 49.4 Å². The Balaban J connectivity index is 1.09. The summed E-state index contributed by atoms with van der Waals surface area (Å²) in [6, 6.07) is 14.7. The van der Waals surface area contributed by atoms with Crippen molar-refractivity contribution in [2.75, 3.05) is 6.61 Å². The molecule has 3 heterocycles. The molecule has 2 fully saturated rings. The van der Waals surface area contributed by atoms with Gasteiger partial charge < -0.3 is 19.1 Å². The molecule has 0 amide bonds. The summed E-state index contributed by atoms with van der Waals surface area (Å²) in [6.07, 6.45) is 8.53. The van der Waals surface area contributed by atoms with Crippen LogP contribution >= 0.6 is 11.6 Å². The lowest BCUT2D eigenvalue weighted by Gasteiger charge is -2.30. The Kier molecular flexibility index (Phi) is 7.48. The summed E-state index contributed by atoms with van der Waals surface area (Å²) in [5.74, 6) is 1.92. The van der Waals surface area contributed by atoms with Crippen LogP contribution < -0.4 is 4.74 Å². The van der Waals surface area contributed by atoms with E-state index in [1.807, 2.05) is 36.4 Å². The quantitative estimate of drug-likeness (QED) is 0.286. The zero-order valence-electron chi connectivity index (χ0n) is 21.6. The normalized spacial score (nSPS) is 21.0. The van der Waals surface area contributed by atoms with E-state index in [9.17, 15) is 9.90 Å². The van der Waals surface area contributed by atoms with Gasteiger partial charge in [0.15, 0.2) is 0 Å². The summed E-state index contributed by atoms with van der Waals surface area (Å²) in [4.78, 5) is 25.5. The van der Waals surface area contributed by atoms with Crippen molar-refractivity contribution in [1.82, 2.24) is 19.5 Å². The monoisotopic (exact) mass is 546 g/mol. The predicted octanol–water partition coefficient (Wildman–Crippen LogP) is 5.74. The number of imidazole rings is 1. The van der Waals surface area contributed by atoms with Crippen molar-refractivity contribution >= 4 is 28.6 Å². The zero-order valence-corrected chi connectivity index (χ0v) is 22.4. The van der Waals surface area contributed by atoms with Crippen LogP contribution in [0.5, 0.6) is 5.88 Å². The zero-order chi connectivity index (χ0) is 26.8. The molecule has 39 heavy (non-hydrogen) atoms. The van der Waals surface area contributed by atoms with Crippen LogP contribution in [0.15, 0.2) is 54.7 Å². The molecule has 1 N–H and O–H groups in total. The maximum atomic E-state index is 11.6. The van der Waals surface area contributed by atoms with E-state index in [0.717, 1.165) is 73.4 Å². The van der Waals surface area contributed by atoms with Gasteiger partial charge in [0.1, 0.15) is 17.8 Å². The highest BCUT2D eigenvalue weighted by Crippen LogP contribution is 2.31. The first-order valence-corrected chi connectivity index (χ1v) is 13.9. The number of nitrogens with zero attached hydrogens (tertiary/aromatic N) is 4. The highest BCUT2D eigenvalue weighted by molar-refractivity contribution is 6.30. The van der Waals surface area contributed by atoms with E-state index in [-0.39, 0.29) is 17.8 Å². The number of carboxylic acid groups (broad SMARTS) is 1. The van der Waals surface area contributed by atoms with Gasteiger partial charge >= 0.3 is 5.97 Å². The van der Waals surface area contributed by atoms with Gasteiger partial charge in [0, 0.05) is 36.7 Å². The second-order valence-electron chi connectivity index (χ2n) is 10.5. The molecule has 2 aromatic heterocycles. The van der Waals surface area contributed by atoms with Gasteiger partial charge in [0.25, 0.3) is 0 Å². The van der Waals surface area contributed by atoms with Gasteiger partial charge in [-0.1, -0.05) is 23.7 Å². The second-order valence-corrected chi connectivity index (χ2v) is 10.9. The predicted molar refractivity (Wildman–Crippen MR) is 147 cm³/mol. The fourth-order valence-electron chi connectivity index (χ4n) is 5.50. The molecule has 2 aliphatic rings. The molecule has 1 atom stereocenters. The summed E-state index contributed by atoms with van der Waals surface area (Å²) >= 11 is 5.99. The summed E-state index contributed by atoms with van der Waals surface area (Å²) < 4.78 is 14.1. The van der Waals surface area contributed by atoms with Crippen molar-refractivity contribution in [2.24, 2.45) is 5.92 Å². The Bertz CT molecular complexity index is 1460. The molecule has 0 spiro atoms. The van der Waals surface area contributed by atoms with Crippen LogP contribution in [0.3, 0.4) is 0 Å². The van der Waals surface area contributed by atoms with Gasteiger partial charge in [-0.25, -0.2) is 14.8 Å². The van der Waals surface area contributed by atoms with Crippen molar-refractivity contribution < 1.29 is 19.4 Å². The van der Waals surface area contributed by atoms with Crippen molar-refractivity contribution in [1.29, 1.82) is 0 Å². The number of aromatic nitrogens is 4. The Morgan fingerprint density at radius 1 is 1.05 bits per heavy atom. The minimum atomic E-state index is -0.926.